The Balaban J connectivity index is 0.00000484. The Bertz CT molecular complexity index is 1530. The maximum Gasteiger partial charge on any atom is 0.221 e. The van der Waals surface area contributed by atoms with E-state index in [-0.39, 0.29) is 48.7 Å². The monoisotopic (exact) mass is 683 g/mol. The first-order valence-electron chi connectivity index (χ1n) is 13.7. The molecule has 42 heavy (non-hydrogen) atoms. The van der Waals surface area contributed by atoms with Crippen LogP contribution in [0.3, 0.4) is 0 Å². The highest BCUT2D eigenvalue weighted by atomic mass is 127. The van der Waals surface area contributed by atoms with Gasteiger partial charge in [-0.25, -0.2) is 9.37 Å². The third-order valence-electron chi connectivity index (χ3n) is 7.66. The zero-order valence-electron chi connectivity index (χ0n) is 24.7. The van der Waals surface area contributed by atoms with Crippen LogP contribution < -0.4 is 10.2 Å². The molecule has 0 atom stereocenters. The molecule has 0 bridgehead atoms. The molecule has 2 heterocycles. The first-order valence-corrected chi connectivity index (χ1v) is 13.7. The molecule has 7 nitrogen and oxygen atoms in total. The van der Waals surface area contributed by atoms with E-state index in [0.717, 1.165) is 48.6 Å². The van der Waals surface area contributed by atoms with Gasteiger partial charge in [0.15, 0.2) is 0 Å². The fraction of sp³-hybridized carbons (Fsp3) is 0.303. The van der Waals surface area contributed by atoms with Gasteiger partial charge in [0.1, 0.15) is 17.5 Å². The maximum atomic E-state index is 14.3. The standard InChI is InChI=1S/C33H38FN5O2.HI/c1-7-30(34)29(22(2)3)16-25-9-8-24(14-23(25)4)18-38-19-27-11-10-26(15-28(27)20-38)33-36-17-32(37(33)6)39(21-40)13-12-31(41)35-5;/h7-11,14-15,17,21H,1-2,12-13,16,18-20H2,3-6H3,(H,35,41);1H/b30-29+;. The van der Waals surface area contributed by atoms with E-state index in [9.17, 15) is 14.0 Å². The predicted octanol–water partition coefficient (Wildman–Crippen LogP) is 6.16. The Hall–Kier alpha value is -3.57. The number of nitrogens with one attached hydrogen (secondary N) is 1. The lowest BCUT2D eigenvalue weighted by atomic mass is 9.95. The van der Waals surface area contributed by atoms with Crippen molar-refractivity contribution in [3.63, 3.8) is 0 Å². The van der Waals surface area contributed by atoms with Crippen molar-refractivity contribution < 1.29 is 14.0 Å². The number of anilines is 1. The molecule has 0 radical (unpaired) electrons. The van der Waals surface area contributed by atoms with Gasteiger partial charge in [0.25, 0.3) is 0 Å². The molecule has 0 saturated carbocycles. The fourth-order valence-electron chi connectivity index (χ4n) is 5.29. The molecule has 9 heteroatoms. The number of rotatable bonds is 12. The summed E-state index contributed by atoms with van der Waals surface area (Å²) in [7, 11) is 3.45. The summed E-state index contributed by atoms with van der Waals surface area (Å²) in [5.74, 6) is 0.953. The van der Waals surface area contributed by atoms with Gasteiger partial charge >= 0.3 is 0 Å². The van der Waals surface area contributed by atoms with Crippen LogP contribution in [0.2, 0.25) is 0 Å². The van der Waals surface area contributed by atoms with Gasteiger partial charge in [0, 0.05) is 58.7 Å². The minimum atomic E-state index is -0.320. The quantitative estimate of drug-likeness (QED) is 0.141. The molecule has 1 aromatic heterocycles. The number of hydrogen-bond donors (Lipinski definition) is 1. The molecule has 1 aliphatic rings. The van der Waals surface area contributed by atoms with Crippen molar-refractivity contribution in [2.75, 3.05) is 18.5 Å². The first-order chi connectivity index (χ1) is 19.6. The van der Waals surface area contributed by atoms with Gasteiger partial charge in [-0.3, -0.25) is 19.4 Å². The van der Waals surface area contributed by atoms with Crippen LogP contribution in [0.25, 0.3) is 11.4 Å². The molecule has 4 rings (SSSR count). The van der Waals surface area contributed by atoms with Crippen LogP contribution in [0.5, 0.6) is 0 Å². The summed E-state index contributed by atoms with van der Waals surface area (Å²) in [4.78, 5) is 31.9. The molecule has 0 aliphatic carbocycles. The van der Waals surface area contributed by atoms with Gasteiger partial charge in [-0.1, -0.05) is 49.1 Å². The van der Waals surface area contributed by atoms with Gasteiger partial charge in [-0.2, -0.15) is 0 Å². The summed E-state index contributed by atoms with van der Waals surface area (Å²) in [6.45, 7) is 14.1. The molecular formula is C33H39FIN5O2. The van der Waals surface area contributed by atoms with Crippen molar-refractivity contribution in [2.45, 2.75) is 46.3 Å². The van der Waals surface area contributed by atoms with E-state index < -0.39 is 0 Å². The maximum absolute atomic E-state index is 14.3. The number of aromatic nitrogens is 2. The Morgan fingerprint density at radius 3 is 2.57 bits per heavy atom. The molecule has 2 amide bonds. The van der Waals surface area contributed by atoms with Crippen molar-refractivity contribution in [1.82, 2.24) is 19.8 Å². The van der Waals surface area contributed by atoms with Gasteiger partial charge in [0.2, 0.25) is 12.3 Å². The van der Waals surface area contributed by atoms with Crippen LogP contribution in [-0.4, -0.2) is 40.4 Å². The minimum absolute atomic E-state index is 0. The summed E-state index contributed by atoms with van der Waals surface area (Å²) in [6.07, 6.45) is 4.35. The van der Waals surface area contributed by atoms with Crippen LogP contribution in [0.15, 0.2) is 78.8 Å². The first kappa shape index (κ1) is 32.9. The molecule has 2 aromatic carbocycles. The number of amides is 2. The second-order valence-corrected chi connectivity index (χ2v) is 10.6. The van der Waals surface area contributed by atoms with Crippen LogP contribution in [-0.2, 0) is 42.7 Å². The van der Waals surface area contributed by atoms with E-state index in [1.165, 1.54) is 27.7 Å². The van der Waals surface area contributed by atoms with E-state index in [0.29, 0.717) is 23.4 Å². The fourth-order valence-corrected chi connectivity index (χ4v) is 5.29. The number of hydrogen-bond acceptors (Lipinski definition) is 4. The van der Waals surface area contributed by atoms with Gasteiger partial charge < -0.3 is 9.88 Å². The number of halogens is 2. The average molecular weight is 684 g/mol. The molecule has 1 N–H and O–H groups in total. The van der Waals surface area contributed by atoms with Crippen molar-refractivity contribution in [3.05, 3.63) is 107 Å². The second-order valence-electron chi connectivity index (χ2n) is 10.6. The van der Waals surface area contributed by atoms with Crippen LogP contribution in [0, 0.1) is 6.92 Å². The normalized spacial score (nSPS) is 13.1. The van der Waals surface area contributed by atoms with E-state index in [1.807, 2.05) is 18.5 Å². The lowest BCUT2D eigenvalue weighted by Crippen LogP contribution is -2.29. The van der Waals surface area contributed by atoms with E-state index >= 15 is 0 Å². The number of fused-ring (bicyclic) bond motifs is 1. The lowest BCUT2D eigenvalue weighted by Gasteiger charge is -2.17. The summed E-state index contributed by atoms with van der Waals surface area (Å²) in [5.41, 5.74) is 8.23. The Labute approximate surface area is 264 Å². The zero-order valence-corrected chi connectivity index (χ0v) is 27.1. The molecule has 1 aliphatic heterocycles. The molecule has 0 fully saturated rings. The largest absolute Gasteiger partial charge is 0.359 e. The molecule has 3 aromatic rings. The topological polar surface area (TPSA) is 70.5 Å². The summed E-state index contributed by atoms with van der Waals surface area (Å²) < 4.78 is 16.2. The smallest absolute Gasteiger partial charge is 0.221 e. The Morgan fingerprint density at radius 2 is 1.93 bits per heavy atom. The summed E-state index contributed by atoms with van der Waals surface area (Å²) in [6, 6.07) is 12.8. The minimum Gasteiger partial charge on any atom is -0.359 e. The highest BCUT2D eigenvalue weighted by molar-refractivity contribution is 14.0. The zero-order chi connectivity index (χ0) is 29.7. The average Bonchev–Trinajstić information content (AvgIpc) is 3.54. The molecule has 222 valence electrons. The predicted molar refractivity (Wildman–Crippen MR) is 177 cm³/mol. The molecule has 0 spiro atoms. The second kappa shape index (κ2) is 14.6. The van der Waals surface area contributed by atoms with E-state index in [4.69, 9.17) is 0 Å². The summed E-state index contributed by atoms with van der Waals surface area (Å²) >= 11 is 0. The number of aryl methyl sites for hydroxylation is 1. The van der Waals surface area contributed by atoms with Crippen LogP contribution in [0.4, 0.5) is 10.2 Å². The highest BCUT2D eigenvalue weighted by Crippen LogP contribution is 2.31. The summed E-state index contributed by atoms with van der Waals surface area (Å²) in [5, 5.41) is 2.58. The Morgan fingerprint density at radius 1 is 1.19 bits per heavy atom. The number of nitrogens with zero attached hydrogens (tertiary/aromatic N) is 4. The number of carbonyl (C=O) groups is 2. The number of allylic oxidation sites excluding steroid dienone is 4. The van der Waals surface area contributed by atoms with Gasteiger partial charge in [0.05, 0.1) is 6.20 Å². The van der Waals surface area contributed by atoms with E-state index in [1.54, 1.807) is 13.2 Å². The van der Waals surface area contributed by atoms with E-state index in [2.05, 4.69) is 71.7 Å². The van der Waals surface area contributed by atoms with Crippen molar-refractivity contribution in [1.29, 1.82) is 0 Å². The van der Waals surface area contributed by atoms with Gasteiger partial charge in [-0.05, 0) is 59.4 Å². The van der Waals surface area contributed by atoms with Crippen molar-refractivity contribution in [3.8, 4) is 11.4 Å². The van der Waals surface area contributed by atoms with Crippen LogP contribution >= 0.6 is 24.0 Å². The number of carbonyl (C=O) groups excluding carboxylic acids is 2. The van der Waals surface area contributed by atoms with Crippen molar-refractivity contribution >= 4 is 42.1 Å². The van der Waals surface area contributed by atoms with Crippen molar-refractivity contribution in [2.24, 2.45) is 7.05 Å². The molecule has 0 unspecified atom stereocenters. The number of benzene rings is 2. The highest BCUT2D eigenvalue weighted by Gasteiger charge is 2.22. The SMILES string of the molecule is C=C/C(F)=C(/Cc1ccc(CN2Cc3ccc(-c4ncc(N(C=O)CCC(=O)NC)n4C)cc3C2)cc1C)C(=C)C.I. The Kier molecular flexibility index (Phi) is 11.4. The van der Waals surface area contributed by atoms with Gasteiger partial charge in [-0.15, -0.1) is 24.0 Å². The lowest BCUT2D eigenvalue weighted by molar-refractivity contribution is -0.120. The van der Waals surface area contributed by atoms with Crippen LogP contribution in [0.1, 0.15) is 41.2 Å². The number of imidazole rings is 1. The molecular weight excluding hydrogens is 644 g/mol. The third-order valence-corrected chi connectivity index (χ3v) is 7.66. The molecule has 0 saturated heterocycles. The third kappa shape index (κ3) is 7.43.